The largest absolute Gasteiger partial charge is 0.433 e. The highest BCUT2D eigenvalue weighted by Gasteiger charge is 2.31. The first kappa shape index (κ1) is 19.2. The van der Waals surface area contributed by atoms with Crippen molar-refractivity contribution < 1.29 is 23.5 Å². The zero-order valence-electron chi connectivity index (χ0n) is 13.6. The average molecular weight is 420 g/mol. The van der Waals surface area contributed by atoms with Crippen molar-refractivity contribution in [1.29, 1.82) is 0 Å². The van der Waals surface area contributed by atoms with E-state index in [0.29, 0.717) is 0 Å². The molecule has 0 bridgehead atoms. The standard InChI is InChI=1S/C15H8N4O7S2/c20-14-11(3-1-2-9-4-6-12(25-9)18(21)22)28-15(27)17(14)16-8-10-5-7-13(26-10)19(23)24/h1-8H/b2-1+,11-3+,16-8+. The Morgan fingerprint density at radius 3 is 2.29 bits per heavy atom. The molecule has 1 aliphatic heterocycles. The summed E-state index contributed by atoms with van der Waals surface area (Å²) >= 11 is 6.09. The topological polar surface area (TPSA) is 145 Å². The number of thioether (sulfide) groups is 1. The number of hydrogen-bond donors (Lipinski definition) is 0. The van der Waals surface area contributed by atoms with Gasteiger partial charge in [0.15, 0.2) is 10.1 Å². The third kappa shape index (κ3) is 4.21. The average Bonchev–Trinajstić information content (AvgIpc) is 3.34. The third-order valence-electron chi connectivity index (χ3n) is 3.17. The number of amides is 1. The lowest BCUT2D eigenvalue weighted by Crippen LogP contribution is -2.22. The fraction of sp³-hybridized carbons (Fsp3) is 0. The minimum atomic E-state index is -0.695. The SMILES string of the molecule is O=C1/C(=C\C=C\c2ccc([N+](=O)[O-])o2)SC(=S)N1/N=C/c1ccc([N+](=O)[O-])o1. The van der Waals surface area contributed by atoms with E-state index in [4.69, 9.17) is 21.1 Å². The van der Waals surface area contributed by atoms with E-state index in [1.54, 1.807) is 0 Å². The molecule has 0 atom stereocenters. The van der Waals surface area contributed by atoms with Gasteiger partial charge in [-0.25, -0.2) is 0 Å². The van der Waals surface area contributed by atoms with Gasteiger partial charge in [0, 0.05) is 0 Å². The molecule has 11 nitrogen and oxygen atoms in total. The summed E-state index contributed by atoms with van der Waals surface area (Å²) in [4.78, 5) is 32.4. The molecule has 2 aromatic rings. The molecule has 2 aromatic heterocycles. The van der Waals surface area contributed by atoms with Crippen LogP contribution in [0.5, 0.6) is 0 Å². The highest BCUT2D eigenvalue weighted by Crippen LogP contribution is 2.31. The Bertz CT molecular complexity index is 1070. The second-order valence-electron chi connectivity index (χ2n) is 4.99. The Morgan fingerprint density at radius 1 is 1.07 bits per heavy atom. The van der Waals surface area contributed by atoms with Crippen LogP contribution in [0.3, 0.4) is 0 Å². The number of hydrazone groups is 1. The number of rotatable bonds is 6. The second-order valence-corrected chi connectivity index (χ2v) is 6.66. The molecule has 0 spiro atoms. The van der Waals surface area contributed by atoms with E-state index in [2.05, 4.69) is 5.10 Å². The fourth-order valence-electron chi connectivity index (χ4n) is 1.96. The summed E-state index contributed by atoms with van der Waals surface area (Å²) in [5, 5.41) is 26.0. The van der Waals surface area contributed by atoms with Crippen molar-refractivity contribution in [2.75, 3.05) is 0 Å². The first-order valence-corrected chi connectivity index (χ1v) is 8.54. The molecule has 0 saturated carbocycles. The quantitative estimate of drug-likeness (QED) is 0.225. The molecular weight excluding hydrogens is 412 g/mol. The molecule has 3 rings (SSSR count). The number of nitro groups is 2. The van der Waals surface area contributed by atoms with E-state index >= 15 is 0 Å². The van der Waals surface area contributed by atoms with Crippen molar-refractivity contribution in [2.24, 2.45) is 5.10 Å². The summed E-state index contributed by atoms with van der Waals surface area (Å²) in [7, 11) is 0. The van der Waals surface area contributed by atoms with Crippen molar-refractivity contribution >= 4 is 58.3 Å². The third-order valence-corrected chi connectivity index (χ3v) is 4.47. The number of carbonyl (C=O) groups excluding carboxylic acids is 1. The van der Waals surface area contributed by atoms with Crippen molar-refractivity contribution in [3.8, 4) is 0 Å². The van der Waals surface area contributed by atoms with Crippen LogP contribution in [0.2, 0.25) is 0 Å². The van der Waals surface area contributed by atoms with Crippen LogP contribution in [0.1, 0.15) is 11.5 Å². The lowest BCUT2D eigenvalue weighted by Gasteiger charge is -2.04. The first-order valence-electron chi connectivity index (χ1n) is 7.32. The molecule has 0 aromatic carbocycles. The van der Waals surface area contributed by atoms with Gasteiger partial charge in [-0.1, -0.05) is 17.8 Å². The summed E-state index contributed by atoms with van der Waals surface area (Å²) in [5.74, 6) is -1.00. The number of nitrogens with zero attached hydrogens (tertiary/aromatic N) is 4. The van der Waals surface area contributed by atoms with Crippen molar-refractivity contribution in [2.45, 2.75) is 0 Å². The summed E-state index contributed by atoms with van der Waals surface area (Å²) in [6, 6.07) is 5.13. The van der Waals surface area contributed by atoms with Gasteiger partial charge in [0.25, 0.3) is 5.91 Å². The molecule has 1 saturated heterocycles. The minimum Gasteiger partial charge on any atom is -0.401 e. The van der Waals surface area contributed by atoms with E-state index < -0.39 is 27.5 Å². The van der Waals surface area contributed by atoms with Crippen LogP contribution in [-0.2, 0) is 4.79 Å². The van der Waals surface area contributed by atoms with Gasteiger partial charge in [-0.2, -0.15) is 10.1 Å². The summed E-state index contributed by atoms with van der Waals surface area (Å²) in [6.07, 6.45) is 5.53. The summed E-state index contributed by atoms with van der Waals surface area (Å²) < 4.78 is 10.0. The lowest BCUT2D eigenvalue weighted by atomic mass is 10.3. The summed E-state index contributed by atoms with van der Waals surface area (Å²) in [6.45, 7) is 0. The van der Waals surface area contributed by atoms with Gasteiger partial charge >= 0.3 is 11.8 Å². The number of carbonyl (C=O) groups is 1. The normalized spacial score (nSPS) is 16.1. The molecule has 0 aliphatic carbocycles. The van der Waals surface area contributed by atoms with Crippen molar-refractivity contribution in [3.63, 3.8) is 0 Å². The fourth-order valence-corrected chi connectivity index (χ4v) is 3.08. The van der Waals surface area contributed by atoms with Gasteiger partial charge < -0.3 is 8.83 Å². The van der Waals surface area contributed by atoms with Gasteiger partial charge in [-0.3, -0.25) is 25.0 Å². The zero-order valence-corrected chi connectivity index (χ0v) is 15.2. The van der Waals surface area contributed by atoms with E-state index in [9.17, 15) is 25.0 Å². The minimum absolute atomic E-state index is 0.0871. The van der Waals surface area contributed by atoms with Crippen LogP contribution < -0.4 is 0 Å². The molecule has 28 heavy (non-hydrogen) atoms. The van der Waals surface area contributed by atoms with Gasteiger partial charge in [0.1, 0.15) is 15.6 Å². The van der Waals surface area contributed by atoms with Crippen molar-refractivity contribution in [3.05, 3.63) is 73.1 Å². The Labute approximate surface area is 165 Å². The number of hydrogen-bond acceptors (Lipinski definition) is 10. The molecule has 142 valence electrons. The molecule has 3 heterocycles. The molecular formula is C15H8N4O7S2. The molecule has 1 fully saturated rings. The highest BCUT2D eigenvalue weighted by atomic mass is 32.2. The predicted molar refractivity (Wildman–Crippen MR) is 102 cm³/mol. The number of allylic oxidation sites excluding steroid dienone is 2. The summed E-state index contributed by atoms with van der Waals surface area (Å²) in [5.41, 5.74) is 0. The maximum atomic E-state index is 12.3. The van der Waals surface area contributed by atoms with Crippen LogP contribution in [0.4, 0.5) is 11.8 Å². The first-order chi connectivity index (χ1) is 13.3. The van der Waals surface area contributed by atoms with Crippen molar-refractivity contribution in [1.82, 2.24) is 5.01 Å². The van der Waals surface area contributed by atoms with E-state index in [-0.39, 0.29) is 20.7 Å². The molecule has 1 aliphatic rings. The second kappa shape index (κ2) is 7.98. The Kier molecular flexibility index (Phi) is 5.47. The van der Waals surface area contributed by atoms with Gasteiger partial charge in [0.2, 0.25) is 0 Å². The molecule has 13 heteroatoms. The Balaban J connectivity index is 1.68. The smallest absolute Gasteiger partial charge is 0.401 e. The Hall–Kier alpha value is -3.58. The highest BCUT2D eigenvalue weighted by molar-refractivity contribution is 8.26. The molecule has 1 amide bonds. The van der Waals surface area contributed by atoms with E-state index in [1.165, 1.54) is 36.4 Å². The maximum absolute atomic E-state index is 12.3. The molecule has 0 unspecified atom stereocenters. The van der Waals surface area contributed by atoms with Crippen LogP contribution in [-0.4, -0.2) is 31.3 Å². The van der Waals surface area contributed by atoms with Crippen LogP contribution in [0.25, 0.3) is 6.08 Å². The number of furan rings is 2. The molecule has 0 radical (unpaired) electrons. The number of thiocarbonyl (C=S) groups is 1. The monoisotopic (exact) mass is 420 g/mol. The van der Waals surface area contributed by atoms with Gasteiger partial charge in [-0.05, 0) is 36.5 Å². The van der Waals surface area contributed by atoms with Crippen LogP contribution >= 0.6 is 24.0 Å². The van der Waals surface area contributed by atoms with Crippen LogP contribution in [0.15, 0.2) is 55.3 Å². The lowest BCUT2D eigenvalue weighted by molar-refractivity contribution is -0.402. The van der Waals surface area contributed by atoms with E-state index in [1.807, 2.05) is 0 Å². The predicted octanol–water partition coefficient (Wildman–Crippen LogP) is 3.48. The maximum Gasteiger partial charge on any atom is 0.433 e. The van der Waals surface area contributed by atoms with Gasteiger partial charge in [0.05, 0.1) is 23.3 Å². The van der Waals surface area contributed by atoms with Gasteiger partial charge in [-0.15, -0.1) is 0 Å². The zero-order chi connectivity index (χ0) is 20.3. The molecule has 0 N–H and O–H groups in total. The Morgan fingerprint density at radius 2 is 1.68 bits per heavy atom. The van der Waals surface area contributed by atoms with E-state index in [0.717, 1.165) is 29.1 Å². The van der Waals surface area contributed by atoms with Crippen LogP contribution in [0, 0.1) is 20.2 Å².